The number of amides is 1. The Morgan fingerprint density at radius 3 is 2.70 bits per heavy atom. The Kier molecular flexibility index (Phi) is 5.29. The molecular formula is C17H21N5O. The van der Waals surface area contributed by atoms with Crippen molar-refractivity contribution in [3.05, 3.63) is 60.2 Å². The van der Waals surface area contributed by atoms with Crippen LogP contribution in [-0.4, -0.2) is 28.5 Å². The lowest BCUT2D eigenvalue weighted by molar-refractivity contribution is -0.122. The number of hydrazine groups is 1. The Bertz CT molecular complexity index is 619. The second-order valence-electron chi connectivity index (χ2n) is 5.60. The summed E-state index contributed by atoms with van der Waals surface area (Å²) in [4.78, 5) is 20.8. The van der Waals surface area contributed by atoms with Gasteiger partial charge in [-0.05, 0) is 43.5 Å². The molecule has 1 saturated heterocycles. The monoisotopic (exact) mass is 311 g/mol. The zero-order valence-corrected chi connectivity index (χ0v) is 12.9. The molecule has 0 spiro atoms. The molecule has 120 valence electrons. The second-order valence-corrected chi connectivity index (χ2v) is 5.60. The molecule has 2 atom stereocenters. The van der Waals surface area contributed by atoms with Gasteiger partial charge in [0.05, 0.1) is 11.7 Å². The van der Waals surface area contributed by atoms with Crippen molar-refractivity contribution in [1.29, 1.82) is 0 Å². The molecule has 0 bridgehead atoms. The summed E-state index contributed by atoms with van der Waals surface area (Å²) in [5.74, 6) is 0.0250. The normalized spacial score (nSPS) is 20.3. The highest BCUT2D eigenvalue weighted by molar-refractivity contribution is 5.82. The minimum Gasteiger partial charge on any atom is -0.355 e. The van der Waals surface area contributed by atoms with E-state index in [9.17, 15) is 4.79 Å². The van der Waals surface area contributed by atoms with Gasteiger partial charge in [-0.2, -0.15) is 0 Å². The first-order valence-corrected chi connectivity index (χ1v) is 7.92. The van der Waals surface area contributed by atoms with Crippen LogP contribution in [0.25, 0.3) is 0 Å². The maximum Gasteiger partial charge on any atom is 0.238 e. The lowest BCUT2D eigenvalue weighted by atomic mass is 10.1. The van der Waals surface area contributed by atoms with Gasteiger partial charge < -0.3 is 5.32 Å². The number of rotatable bonds is 6. The predicted octanol–water partition coefficient (Wildman–Crippen LogP) is 1.13. The van der Waals surface area contributed by atoms with Crippen molar-refractivity contribution < 1.29 is 4.79 Å². The van der Waals surface area contributed by atoms with E-state index in [0.717, 1.165) is 24.2 Å². The standard InChI is InChI=1S/C17H21N5O/c23-17(20-11-5-7-13-6-1-3-9-18-13)16-12-15(21-22-16)14-8-2-4-10-19-14/h1-4,6,8-10,15-16,21-22H,5,7,11-12H2,(H,20,23). The number of hydrogen-bond acceptors (Lipinski definition) is 5. The highest BCUT2D eigenvalue weighted by Crippen LogP contribution is 2.19. The highest BCUT2D eigenvalue weighted by atomic mass is 16.2. The molecule has 1 aliphatic heterocycles. The molecule has 2 unspecified atom stereocenters. The van der Waals surface area contributed by atoms with Crippen molar-refractivity contribution in [2.45, 2.75) is 31.3 Å². The van der Waals surface area contributed by atoms with Crippen LogP contribution in [0, 0.1) is 0 Å². The molecule has 0 saturated carbocycles. The lowest BCUT2D eigenvalue weighted by Gasteiger charge is -2.10. The van der Waals surface area contributed by atoms with Crippen LogP contribution in [0.2, 0.25) is 0 Å². The Hall–Kier alpha value is -2.31. The summed E-state index contributed by atoms with van der Waals surface area (Å²) < 4.78 is 0. The Balaban J connectivity index is 1.39. The van der Waals surface area contributed by atoms with Crippen LogP contribution in [0.5, 0.6) is 0 Å². The Morgan fingerprint density at radius 2 is 1.96 bits per heavy atom. The van der Waals surface area contributed by atoms with Crippen LogP contribution in [0.1, 0.15) is 30.3 Å². The van der Waals surface area contributed by atoms with Gasteiger partial charge in [0.1, 0.15) is 6.04 Å². The summed E-state index contributed by atoms with van der Waals surface area (Å²) in [6.07, 6.45) is 6.01. The molecule has 3 rings (SSSR count). The van der Waals surface area contributed by atoms with Crippen molar-refractivity contribution in [3.63, 3.8) is 0 Å². The summed E-state index contributed by atoms with van der Waals surface area (Å²) in [5, 5.41) is 2.98. The SMILES string of the molecule is O=C(NCCCc1ccccn1)C1CC(c2ccccn2)NN1. The Morgan fingerprint density at radius 1 is 1.13 bits per heavy atom. The molecule has 2 aromatic heterocycles. The fourth-order valence-corrected chi connectivity index (χ4v) is 2.65. The molecule has 0 aliphatic carbocycles. The van der Waals surface area contributed by atoms with Gasteiger partial charge in [0.25, 0.3) is 0 Å². The van der Waals surface area contributed by atoms with Crippen LogP contribution < -0.4 is 16.2 Å². The van der Waals surface area contributed by atoms with E-state index in [1.165, 1.54) is 0 Å². The third kappa shape index (κ3) is 4.34. The van der Waals surface area contributed by atoms with Gasteiger partial charge in [-0.25, -0.2) is 10.9 Å². The fourth-order valence-electron chi connectivity index (χ4n) is 2.65. The summed E-state index contributed by atoms with van der Waals surface area (Å²) in [6, 6.07) is 11.5. The topological polar surface area (TPSA) is 78.9 Å². The van der Waals surface area contributed by atoms with Crippen molar-refractivity contribution in [2.24, 2.45) is 0 Å². The average molecular weight is 311 g/mol. The van der Waals surface area contributed by atoms with E-state index in [1.807, 2.05) is 36.4 Å². The maximum absolute atomic E-state index is 12.2. The highest BCUT2D eigenvalue weighted by Gasteiger charge is 2.30. The van der Waals surface area contributed by atoms with E-state index in [-0.39, 0.29) is 18.0 Å². The van der Waals surface area contributed by atoms with E-state index in [2.05, 4.69) is 26.1 Å². The predicted molar refractivity (Wildman–Crippen MR) is 87.2 cm³/mol. The van der Waals surface area contributed by atoms with Gasteiger partial charge in [0, 0.05) is 24.6 Å². The molecular weight excluding hydrogens is 290 g/mol. The molecule has 3 N–H and O–H groups in total. The fraction of sp³-hybridized carbons (Fsp3) is 0.353. The molecule has 1 amide bonds. The molecule has 6 heteroatoms. The van der Waals surface area contributed by atoms with Gasteiger partial charge in [0.2, 0.25) is 5.91 Å². The minimum atomic E-state index is -0.225. The lowest BCUT2D eigenvalue weighted by Crippen LogP contribution is -2.43. The first-order chi connectivity index (χ1) is 11.3. The largest absolute Gasteiger partial charge is 0.355 e. The van der Waals surface area contributed by atoms with Crippen molar-refractivity contribution in [2.75, 3.05) is 6.54 Å². The number of hydrogen-bond donors (Lipinski definition) is 3. The number of carbonyl (C=O) groups excluding carboxylic acids is 1. The van der Waals surface area contributed by atoms with Crippen molar-refractivity contribution in [1.82, 2.24) is 26.1 Å². The maximum atomic E-state index is 12.2. The summed E-state index contributed by atoms with van der Waals surface area (Å²) >= 11 is 0. The molecule has 0 radical (unpaired) electrons. The van der Waals surface area contributed by atoms with Gasteiger partial charge in [-0.1, -0.05) is 12.1 Å². The van der Waals surface area contributed by atoms with Crippen LogP contribution in [0.3, 0.4) is 0 Å². The van der Waals surface area contributed by atoms with Crippen LogP contribution >= 0.6 is 0 Å². The van der Waals surface area contributed by atoms with Gasteiger partial charge in [-0.15, -0.1) is 0 Å². The smallest absolute Gasteiger partial charge is 0.238 e. The Labute approximate surface area is 135 Å². The van der Waals surface area contributed by atoms with Crippen LogP contribution in [0.15, 0.2) is 48.8 Å². The van der Waals surface area contributed by atoms with Gasteiger partial charge in [0.15, 0.2) is 0 Å². The van der Waals surface area contributed by atoms with Crippen molar-refractivity contribution >= 4 is 5.91 Å². The molecule has 1 fully saturated rings. The molecule has 3 heterocycles. The quantitative estimate of drug-likeness (QED) is 0.697. The first kappa shape index (κ1) is 15.6. The van der Waals surface area contributed by atoms with Gasteiger partial charge in [-0.3, -0.25) is 14.8 Å². The molecule has 23 heavy (non-hydrogen) atoms. The zero-order valence-electron chi connectivity index (χ0n) is 12.9. The number of aromatic nitrogens is 2. The molecule has 0 aromatic carbocycles. The van der Waals surface area contributed by atoms with E-state index in [1.54, 1.807) is 12.4 Å². The summed E-state index contributed by atoms with van der Waals surface area (Å²) in [6.45, 7) is 0.655. The molecule has 6 nitrogen and oxygen atoms in total. The van der Waals surface area contributed by atoms with Crippen LogP contribution in [0.4, 0.5) is 0 Å². The number of nitrogens with zero attached hydrogens (tertiary/aromatic N) is 2. The summed E-state index contributed by atoms with van der Waals surface area (Å²) in [5.41, 5.74) is 8.19. The zero-order chi connectivity index (χ0) is 15.9. The minimum absolute atomic E-state index is 0.0250. The van der Waals surface area contributed by atoms with Crippen LogP contribution in [-0.2, 0) is 11.2 Å². The van der Waals surface area contributed by atoms with E-state index in [0.29, 0.717) is 13.0 Å². The number of carbonyl (C=O) groups is 1. The average Bonchev–Trinajstić information content (AvgIpc) is 3.10. The van der Waals surface area contributed by atoms with E-state index < -0.39 is 0 Å². The van der Waals surface area contributed by atoms with E-state index in [4.69, 9.17) is 0 Å². The van der Waals surface area contributed by atoms with Crippen molar-refractivity contribution in [3.8, 4) is 0 Å². The number of nitrogens with one attached hydrogen (secondary N) is 3. The molecule has 2 aromatic rings. The van der Waals surface area contributed by atoms with E-state index >= 15 is 0 Å². The second kappa shape index (κ2) is 7.80. The third-order valence-electron chi connectivity index (χ3n) is 3.90. The van der Waals surface area contributed by atoms with Gasteiger partial charge >= 0.3 is 0 Å². The third-order valence-corrected chi connectivity index (χ3v) is 3.90. The number of aryl methyl sites for hydroxylation is 1. The molecule has 1 aliphatic rings. The number of pyridine rings is 2. The summed E-state index contributed by atoms with van der Waals surface area (Å²) in [7, 11) is 0. The first-order valence-electron chi connectivity index (χ1n) is 7.92.